The molecule has 1 saturated heterocycles. The maximum atomic E-state index is 13.6. The van der Waals surface area contributed by atoms with E-state index in [-0.39, 0.29) is 5.91 Å². The van der Waals surface area contributed by atoms with E-state index in [2.05, 4.69) is 26.8 Å². The van der Waals surface area contributed by atoms with E-state index in [1.54, 1.807) is 29.7 Å². The largest absolute Gasteiger partial charge is 0.404 e. The van der Waals surface area contributed by atoms with Gasteiger partial charge in [0.25, 0.3) is 0 Å². The zero-order valence-electron chi connectivity index (χ0n) is 20.5. The number of carbonyl (C=O) groups is 1. The Labute approximate surface area is 214 Å². The van der Waals surface area contributed by atoms with Crippen molar-refractivity contribution >= 4 is 28.6 Å². The van der Waals surface area contributed by atoms with Crippen LogP contribution in [0.5, 0.6) is 0 Å². The van der Waals surface area contributed by atoms with Crippen molar-refractivity contribution in [2.75, 3.05) is 18.9 Å². The molecular weight excluding hydrogens is 472 g/mol. The highest BCUT2D eigenvalue weighted by Crippen LogP contribution is 2.36. The fraction of sp³-hybridized carbons (Fsp3) is 0.259. The SMILES string of the molecule is C=C(/C=C\C(=C/N)c1csc(C)n1)NC(=O)C1(c2ccc(-c3cnc(N)c(C)n3)cc2)CCOCC1. The van der Waals surface area contributed by atoms with Crippen molar-refractivity contribution < 1.29 is 9.53 Å². The van der Waals surface area contributed by atoms with E-state index in [0.29, 0.717) is 43.3 Å². The van der Waals surface area contributed by atoms with Crippen LogP contribution in [0.2, 0.25) is 0 Å². The zero-order valence-corrected chi connectivity index (χ0v) is 21.3. The summed E-state index contributed by atoms with van der Waals surface area (Å²) in [5.74, 6) is 0.303. The highest BCUT2D eigenvalue weighted by Gasteiger charge is 2.41. The van der Waals surface area contributed by atoms with Crippen LogP contribution in [0, 0.1) is 13.8 Å². The lowest BCUT2D eigenvalue weighted by molar-refractivity contribution is -0.129. The minimum atomic E-state index is -0.727. The van der Waals surface area contributed by atoms with Crippen molar-refractivity contribution in [1.29, 1.82) is 0 Å². The Morgan fingerprint density at radius 3 is 2.50 bits per heavy atom. The van der Waals surface area contributed by atoms with Crippen LogP contribution >= 0.6 is 11.3 Å². The van der Waals surface area contributed by atoms with Crippen LogP contribution in [0.15, 0.2) is 66.5 Å². The molecule has 0 bridgehead atoms. The Bertz CT molecular complexity index is 1320. The van der Waals surface area contributed by atoms with Crippen molar-refractivity contribution in [3.63, 3.8) is 0 Å². The van der Waals surface area contributed by atoms with Gasteiger partial charge in [-0.3, -0.25) is 4.79 Å². The van der Waals surface area contributed by atoms with Gasteiger partial charge in [-0.25, -0.2) is 15.0 Å². The molecule has 186 valence electrons. The molecule has 0 aliphatic carbocycles. The van der Waals surface area contributed by atoms with E-state index < -0.39 is 5.41 Å². The Balaban J connectivity index is 1.53. The summed E-state index contributed by atoms with van der Waals surface area (Å²) in [6, 6.07) is 7.88. The molecule has 0 saturated carbocycles. The Morgan fingerprint density at radius 2 is 1.89 bits per heavy atom. The normalized spacial score (nSPS) is 15.7. The molecule has 36 heavy (non-hydrogen) atoms. The number of ether oxygens (including phenoxy) is 1. The molecule has 0 radical (unpaired) electrons. The first-order valence-electron chi connectivity index (χ1n) is 11.6. The molecule has 4 rings (SSSR count). The lowest BCUT2D eigenvalue weighted by Gasteiger charge is -2.36. The number of benzene rings is 1. The fourth-order valence-electron chi connectivity index (χ4n) is 4.18. The van der Waals surface area contributed by atoms with E-state index >= 15 is 0 Å². The number of nitrogens with one attached hydrogen (secondary N) is 1. The third-order valence-electron chi connectivity index (χ3n) is 6.33. The summed E-state index contributed by atoms with van der Waals surface area (Å²) in [7, 11) is 0. The molecule has 5 N–H and O–H groups in total. The summed E-state index contributed by atoms with van der Waals surface area (Å²) >= 11 is 1.55. The lowest BCUT2D eigenvalue weighted by Crippen LogP contribution is -2.47. The molecule has 2 aromatic heterocycles. The van der Waals surface area contributed by atoms with Crippen molar-refractivity contribution in [3.8, 4) is 11.3 Å². The molecule has 1 aliphatic heterocycles. The fourth-order valence-corrected chi connectivity index (χ4v) is 4.80. The minimum absolute atomic E-state index is 0.112. The maximum Gasteiger partial charge on any atom is 0.235 e. The summed E-state index contributed by atoms with van der Waals surface area (Å²) in [5, 5.41) is 5.88. The van der Waals surface area contributed by atoms with Gasteiger partial charge in [0.1, 0.15) is 5.82 Å². The first kappa shape index (κ1) is 25.3. The molecule has 1 aromatic carbocycles. The predicted molar refractivity (Wildman–Crippen MR) is 144 cm³/mol. The third-order valence-corrected chi connectivity index (χ3v) is 7.11. The van der Waals surface area contributed by atoms with Gasteiger partial charge in [0.05, 0.1) is 33.7 Å². The zero-order chi connectivity index (χ0) is 25.7. The molecule has 0 spiro atoms. The number of amides is 1. The maximum absolute atomic E-state index is 13.6. The molecule has 9 heteroatoms. The summed E-state index contributed by atoms with van der Waals surface area (Å²) in [4.78, 5) is 26.8. The van der Waals surface area contributed by atoms with Crippen LogP contribution in [0.4, 0.5) is 5.82 Å². The topological polar surface area (TPSA) is 129 Å². The van der Waals surface area contributed by atoms with Gasteiger partial charge in [0.2, 0.25) is 5.91 Å². The van der Waals surface area contributed by atoms with Crippen LogP contribution in [0.25, 0.3) is 16.8 Å². The van der Waals surface area contributed by atoms with Crippen molar-refractivity contribution in [3.05, 3.63) is 88.4 Å². The van der Waals surface area contributed by atoms with Crippen molar-refractivity contribution in [1.82, 2.24) is 20.3 Å². The second-order valence-electron chi connectivity index (χ2n) is 8.68. The van der Waals surface area contributed by atoms with Gasteiger partial charge in [-0.2, -0.15) is 0 Å². The average molecular weight is 503 g/mol. The highest BCUT2D eigenvalue weighted by atomic mass is 32.1. The summed E-state index contributed by atoms with van der Waals surface area (Å²) in [6.07, 6.45) is 7.84. The van der Waals surface area contributed by atoms with Crippen LogP contribution < -0.4 is 16.8 Å². The molecule has 3 aromatic rings. The van der Waals surface area contributed by atoms with E-state index in [1.165, 1.54) is 6.20 Å². The van der Waals surface area contributed by atoms with Gasteiger partial charge in [-0.1, -0.05) is 30.8 Å². The molecule has 8 nitrogen and oxygen atoms in total. The van der Waals surface area contributed by atoms with E-state index in [9.17, 15) is 4.79 Å². The molecule has 0 atom stereocenters. The number of aryl methyl sites for hydroxylation is 2. The minimum Gasteiger partial charge on any atom is -0.404 e. The van der Waals surface area contributed by atoms with Gasteiger partial charge in [-0.15, -0.1) is 11.3 Å². The highest BCUT2D eigenvalue weighted by molar-refractivity contribution is 7.09. The Kier molecular flexibility index (Phi) is 7.61. The summed E-state index contributed by atoms with van der Waals surface area (Å²) in [5.41, 5.74) is 16.1. The number of allylic oxidation sites excluding steroid dienone is 3. The van der Waals surface area contributed by atoms with E-state index in [4.69, 9.17) is 16.2 Å². The third kappa shape index (κ3) is 5.37. The van der Waals surface area contributed by atoms with E-state index in [0.717, 1.165) is 33.1 Å². The first-order chi connectivity index (χ1) is 17.3. The van der Waals surface area contributed by atoms with Crippen molar-refractivity contribution in [2.24, 2.45) is 5.73 Å². The monoisotopic (exact) mass is 502 g/mol. The van der Waals surface area contributed by atoms with Gasteiger partial charge in [0, 0.05) is 41.6 Å². The molecule has 3 heterocycles. The molecule has 1 amide bonds. The smallest absolute Gasteiger partial charge is 0.235 e. The van der Waals surface area contributed by atoms with Crippen LogP contribution in [0.1, 0.15) is 34.8 Å². The van der Waals surface area contributed by atoms with Gasteiger partial charge < -0.3 is 21.5 Å². The lowest BCUT2D eigenvalue weighted by atomic mass is 9.73. The average Bonchev–Trinajstić information content (AvgIpc) is 3.32. The Morgan fingerprint density at radius 1 is 1.17 bits per heavy atom. The number of nitrogen functional groups attached to an aromatic ring is 1. The number of nitrogens with two attached hydrogens (primary N) is 2. The predicted octanol–water partition coefficient (Wildman–Crippen LogP) is 4.03. The quantitative estimate of drug-likeness (QED) is 0.416. The number of nitrogens with zero attached hydrogens (tertiary/aromatic N) is 3. The number of carbonyl (C=O) groups excluding carboxylic acids is 1. The number of hydrogen-bond acceptors (Lipinski definition) is 8. The van der Waals surface area contributed by atoms with Crippen LogP contribution in [-0.2, 0) is 14.9 Å². The van der Waals surface area contributed by atoms with Gasteiger partial charge in [-0.05, 0) is 44.4 Å². The molecular formula is C27H30N6O2S. The standard InChI is InChI=1S/C27H30N6O2S/c1-17(4-5-21(14-28)24-16-36-19(3)33-24)31-26(34)27(10-12-35-13-11-27)22-8-6-20(7-9-22)23-15-30-25(29)18(2)32-23/h4-9,14-16H,1,10-13,28H2,2-3H3,(H2,29,30)(H,31,34)/b5-4-,21-14+. The molecule has 0 unspecified atom stereocenters. The summed E-state index contributed by atoms with van der Waals surface area (Å²) in [6.45, 7) is 8.80. The Hall–Kier alpha value is -3.82. The van der Waals surface area contributed by atoms with Gasteiger partial charge in [0.15, 0.2) is 0 Å². The number of hydrogen-bond donors (Lipinski definition) is 3. The number of anilines is 1. The first-order valence-corrected chi connectivity index (χ1v) is 12.5. The van der Waals surface area contributed by atoms with E-state index in [1.807, 2.05) is 43.5 Å². The van der Waals surface area contributed by atoms with Crippen LogP contribution in [0.3, 0.4) is 0 Å². The summed E-state index contributed by atoms with van der Waals surface area (Å²) < 4.78 is 5.59. The van der Waals surface area contributed by atoms with Crippen molar-refractivity contribution in [2.45, 2.75) is 32.1 Å². The number of aromatic nitrogens is 3. The number of thiazole rings is 1. The molecule has 1 fully saturated rings. The second kappa shape index (κ2) is 10.8. The van der Waals surface area contributed by atoms with Crippen LogP contribution in [-0.4, -0.2) is 34.1 Å². The van der Waals surface area contributed by atoms with Gasteiger partial charge >= 0.3 is 0 Å². The second-order valence-corrected chi connectivity index (χ2v) is 9.75. The number of rotatable bonds is 7. The molecule has 1 aliphatic rings.